The number of nitrogens with zero attached hydrogens (tertiary/aromatic N) is 1. The first-order valence-corrected chi connectivity index (χ1v) is 5.16. The Kier molecular flexibility index (Phi) is 7.35. The molecule has 9 heteroatoms. The van der Waals surface area contributed by atoms with Crippen LogP contribution in [0.4, 0.5) is 4.79 Å². The third-order valence-electron chi connectivity index (χ3n) is 2.24. The van der Waals surface area contributed by atoms with Crippen molar-refractivity contribution in [1.82, 2.24) is 15.5 Å². The molecule has 1 rings (SSSR count). The number of rotatable bonds is 4. The molecule has 0 saturated carbocycles. The van der Waals surface area contributed by atoms with E-state index in [0.717, 1.165) is 0 Å². The number of urea groups is 1. The van der Waals surface area contributed by atoms with Gasteiger partial charge in [-0.2, -0.15) is 0 Å². The monoisotopic (exact) mass is 278 g/mol. The molecule has 1 aliphatic rings. The van der Waals surface area contributed by atoms with Crippen LogP contribution in [0.1, 0.15) is 6.42 Å². The number of carbonyl (C=O) groups excluding carboxylic acids is 3. The molecule has 0 aliphatic carbocycles. The Morgan fingerprint density at radius 2 is 2.05 bits per heavy atom. The summed E-state index contributed by atoms with van der Waals surface area (Å²) in [6.07, 6.45) is 2.26. The predicted octanol–water partition coefficient (Wildman–Crippen LogP) is -1.70. The van der Waals surface area contributed by atoms with Crippen molar-refractivity contribution in [3.05, 3.63) is 12.3 Å². The smallest absolute Gasteiger partial charge is 0.315 e. The molecule has 1 heterocycles. The quantitative estimate of drug-likeness (QED) is 0.419. The summed E-state index contributed by atoms with van der Waals surface area (Å²) in [6, 6.07) is -2.02. The SMILES string of the molecule is CN1C=CC(=O)C(NC(=O)NCCC(=O)O)C1=O.[Na]. The molecule has 0 aromatic rings. The average Bonchev–Trinajstić information content (AvgIpc) is 2.29. The average molecular weight is 278 g/mol. The minimum absolute atomic E-state index is 0. The molecule has 19 heavy (non-hydrogen) atoms. The van der Waals surface area contributed by atoms with E-state index < -0.39 is 29.7 Å². The molecule has 1 unspecified atom stereocenters. The molecule has 0 bridgehead atoms. The second-order valence-corrected chi connectivity index (χ2v) is 3.64. The second-order valence-electron chi connectivity index (χ2n) is 3.64. The molecule has 0 aromatic heterocycles. The van der Waals surface area contributed by atoms with Crippen molar-refractivity contribution >= 4 is 53.2 Å². The van der Waals surface area contributed by atoms with Crippen LogP contribution in [0, 0.1) is 0 Å². The molecule has 3 N–H and O–H groups in total. The van der Waals surface area contributed by atoms with E-state index in [9.17, 15) is 19.2 Å². The summed E-state index contributed by atoms with van der Waals surface area (Å²) < 4.78 is 0. The molecule has 1 atom stereocenters. The molecule has 8 nitrogen and oxygen atoms in total. The van der Waals surface area contributed by atoms with E-state index in [1.54, 1.807) is 0 Å². The van der Waals surface area contributed by atoms with Gasteiger partial charge in [-0.3, -0.25) is 14.4 Å². The number of carboxylic acids is 1. The number of carboxylic acid groups (broad SMARTS) is 1. The Morgan fingerprint density at radius 1 is 1.42 bits per heavy atom. The standard InChI is InChI=1S/C10H13N3O5.Na/c1-13-5-3-6(14)8(9(13)17)12-10(18)11-4-2-7(15)16;/h3,5,8H,2,4H2,1H3,(H,15,16)(H2,11,12,18);. The first-order chi connectivity index (χ1) is 8.41. The fraction of sp³-hybridized carbons (Fsp3) is 0.400. The van der Waals surface area contributed by atoms with Crippen LogP contribution in [0.5, 0.6) is 0 Å². The molecule has 0 fully saturated rings. The topological polar surface area (TPSA) is 116 Å². The minimum Gasteiger partial charge on any atom is -0.481 e. The normalized spacial score (nSPS) is 17.7. The summed E-state index contributed by atoms with van der Waals surface area (Å²) in [4.78, 5) is 45.7. The Labute approximate surface area is 131 Å². The third-order valence-corrected chi connectivity index (χ3v) is 2.24. The zero-order valence-corrected chi connectivity index (χ0v) is 12.7. The van der Waals surface area contributed by atoms with Crippen molar-refractivity contribution in [2.45, 2.75) is 12.5 Å². The first kappa shape index (κ1) is 17.6. The number of amides is 3. The van der Waals surface area contributed by atoms with Crippen molar-refractivity contribution in [2.75, 3.05) is 13.6 Å². The maximum Gasteiger partial charge on any atom is 0.315 e. The molecule has 99 valence electrons. The largest absolute Gasteiger partial charge is 0.481 e. The summed E-state index contributed by atoms with van der Waals surface area (Å²) in [5.74, 6) is -2.12. The van der Waals surface area contributed by atoms with Crippen LogP contribution in [-0.2, 0) is 14.4 Å². The van der Waals surface area contributed by atoms with Crippen molar-refractivity contribution in [3.8, 4) is 0 Å². The summed E-state index contributed by atoms with van der Waals surface area (Å²) >= 11 is 0. The second kappa shape index (κ2) is 7.93. The van der Waals surface area contributed by atoms with Gasteiger partial charge in [0.15, 0.2) is 11.8 Å². The van der Waals surface area contributed by atoms with E-state index in [1.165, 1.54) is 24.2 Å². The van der Waals surface area contributed by atoms with Crippen LogP contribution < -0.4 is 10.6 Å². The van der Waals surface area contributed by atoms with E-state index in [2.05, 4.69) is 10.6 Å². The molecular formula is C10H13N3NaO5. The van der Waals surface area contributed by atoms with Crippen molar-refractivity contribution < 1.29 is 24.3 Å². The van der Waals surface area contributed by atoms with Crippen molar-refractivity contribution in [2.24, 2.45) is 0 Å². The number of hydrogen-bond donors (Lipinski definition) is 3. The molecule has 1 radical (unpaired) electrons. The molecule has 0 spiro atoms. The van der Waals surface area contributed by atoms with Gasteiger partial charge in [0.2, 0.25) is 0 Å². The zero-order valence-electron chi connectivity index (χ0n) is 10.7. The fourth-order valence-corrected chi connectivity index (χ4v) is 1.28. The van der Waals surface area contributed by atoms with Gasteiger partial charge >= 0.3 is 12.0 Å². The van der Waals surface area contributed by atoms with Gasteiger partial charge in [0.25, 0.3) is 5.91 Å². The van der Waals surface area contributed by atoms with Crippen LogP contribution in [0.15, 0.2) is 12.3 Å². The van der Waals surface area contributed by atoms with Crippen LogP contribution in [0.2, 0.25) is 0 Å². The fourth-order valence-electron chi connectivity index (χ4n) is 1.28. The summed E-state index contributed by atoms with van der Waals surface area (Å²) in [7, 11) is 1.46. The Hall–Kier alpha value is -1.38. The van der Waals surface area contributed by atoms with Crippen molar-refractivity contribution in [3.63, 3.8) is 0 Å². The summed E-state index contributed by atoms with van der Waals surface area (Å²) in [6.45, 7) is -0.0814. The van der Waals surface area contributed by atoms with Gasteiger partial charge < -0.3 is 20.6 Å². The van der Waals surface area contributed by atoms with E-state index >= 15 is 0 Å². The number of likely N-dealkylation sites (N-methyl/N-ethyl adjacent to an activating group) is 1. The molecule has 0 aromatic carbocycles. The van der Waals surface area contributed by atoms with Crippen LogP contribution in [0.3, 0.4) is 0 Å². The maximum atomic E-state index is 11.6. The van der Waals surface area contributed by atoms with Crippen LogP contribution >= 0.6 is 0 Å². The third kappa shape index (κ3) is 5.41. The van der Waals surface area contributed by atoms with Gasteiger partial charge in [-0.25, -0.2) is 4.79 Å². The van der Waals surface area contributed by atoms with Gasteiger partial charge in [-0.05, 0) is 0 Å². The summed E-state index contributed by atoms with van der Waals surface area (Å²) in [5, 5.41) is 12.8. The van der Waals surface area contributed by atoms with E-state index in [1.807, 2.05) is 0 Å². The van der Waals surface area contributed by atoms with Gasteiger partial charge in [-0.15, -0.1) is 0 Å². The predicted molar refractivity (Wildman–Crippen MR) is 65.2 cm³/mol. The summed E-state index contributed by atoms with van der Waals surface area (Å²) in [5.41, 5.74) is 0. The van der Waals surface area contributed by atoms with E-state index in [4.69, 9.17) is 5.11 Å². The van der Waals surface area contributed by atoms with Gasteiger partial charge in [0.05, 0.1) is 6.42 Å². The van der Waals surface area contributed by atoms with Crippen LogP contribution in [0.25, 0.3) is 0 Å². The molecule has 1 aliphatic heterocycles. The number of aliphatic carboxylic acids is 1. The minimum atomic E-state index is -1.26. The van der Waals surface area contributed by atoms with Gasteiger partial charge in [0, 0.05) is 55.4 Å². The van der Waals surface area contributed by atoms with Gasteiger partial charge in [-0.1, -0.05) is 0 Å². The zero-order chi connectivity index (χ0) is 13.7. The van der Waals surface area contributed by atoms with Crippen molar-refractivity contribution in [1.29, 1.82) is 0 Å². The molecular weight excluding hydrogens is 265 g/mol. The number of hydrogen-bond acceptors (Lipinski definition) is 4. The number of carbonyl (C=O) groups is 4. The number of ketones is 1. The number of nitrogens with one attached hydrogen (secondary N) is 2. The van der Waals surface area contributed by atoms with Gasteiger partial charge in [0.1, 0.15) is 0 Å². The Bertz CT molecular complexity index is 423. The molecule has 3 amide bonds. The molecule has 0 saturated heterocycles. The first-order valence-electron chi connectivity index (χ1n) is 5.16. The van der Waals surface area contributed by atoms with E-state index in [-0.39, 0.29) is 42.5 Å². The van der Waals surface area contributed by atoms with Crippen LogP contribution in [-0.4, -0.2) is 82.9 Å². The Morgan fingerprint density at radius 3 is 2.63 bits per heavy atom. The Balaban J connectivity index is 0.00000324. The maximum absolute atomic E-state index is 11.6. The van der Waals surface area contributed by atoms with E-state index in [0.29, 0.717) is 0 Å².